The smallest absolute Gasteiger partial charge is 0.200 e. The Hall–Kier alpha value is -4.31. The molecule has 0 amide bonds. The van der Waals surface area contributed by atoms with E-state index in [0.29, 0.717) is 41.3 Å². The molecule has 0 N–H and O–H groups in total. The Morgan fingerprint density at radius 3 is 1.20 bits per heavy atom. The molecule has 0 aromatic heterocycles. The Morgan fingerprint density at radius 2 is 0.820 bits per heavy atom. The number of benzene rings is 6. The van der Waals surface area contributed by atoms with Crippen LogP contribution in [-0.2, 0) is 12.8 Å². The molecule has 0 aliphatic heterocycles. The Morgan fingerprint density at radius 1 is 0.475 bits per heavy atom. The van der Waals surface area contributed by atoms with E-state index in [1.165, 1.54) is 6.07 Å². The Kier molecular flexibility index (Phi) is 14.1. The van der Waals surface area contributed by atoms with Crippen LogP contribution < -0.4 is 32.3 Å². The standard InChI is InChI=1S/C46H37BF10P.CH2Cl2/c1-21-16-23(3)44(24(4)17-21)58(45-25(5)18-22(2)19-26(45)6)46-29-15-11-10-14-28(29)30(27-12-8-7-9-13-27)20-31(46)47(32-34(48)38(52)42(56)39(53)35(32)49)33-36(50)40(54)43(57)41(55)37(33)51;2-1-3/h7-9,12-13,16-20,47H,10-11,14-15H2,1-6H3;1H2/q-1;/p+1. The van der Waals surface area contributed by atoms with Crippen molar-refractivity contribution in [3.05, 3.63) is 163 Å². The van der Waals surface area contributed by atoms with Crippen LogP contribution >= 0.6 is 31.1 Å². The van der Waals surface area contributed by atoms with Crippen molar-refractivity contribution < 1.29 is 43.9 Å². The quantitative estimate of drug-likeness (QED) is 0.0374. The largest absolute Gasteiger partial charge is 0.207 e. The van der Waals surface area contributed by atoms with Gasteiger partial charge in [-0.3, -0.25) is 0 Å². The first-order valence-electron chi connectivity index (χ1n) is 19.5. The lowest BCUT2D eigenvalue weighted by molar-refractivity contribution is 0.382. The molecule has 7 rings (SSSR count). The summed E-state index contributed by atoms with van der Waals surface area (Å²) in [6, 6.07) is 17.9. The minimum Gasteiger partial charge on any atom is -0.207 e. The van der Waals surface area contributed by atoms with Crippen LogP contribution in [0.25, 0.3) is 11.1 Å². The fourth-order valence-electron chi connectivity index (χ4n) is 9.47. The van der Waals surface area contributed by atoms with E-state index < -0.39 is 83.7 Å². The van der Waals surface area contributed by atoms with Gasteiger partial charge in [-0.05, 0) is 112 Å². The van der Waals surface area contributed by atoms with E-state index in [2.05, 4.69) is 0 Å². The molecule has 0 unspecified atom stereocenters. The SMILES string of the molecule is Cc1cc(C)c([PH+](c2c(C)cc(C)cc2C)c2c([BH-](c3c(F)c(F)c(F)c(F)c3F)c3c(F)c(F)c(F)c(F)c3F)cc(-c3ccccc3)c3c2CCCC3)c(C)c1.ClCCl. The third-order valence-corrected chi connectivity index (χ3v) is 15.3. The van der Waals surface area contributed by atoms with Gasteiger partial charge in [-0.1, -0.05) is 71.8 Å². The van der Waals surface area contributed by atoms with Crippen LogP contribution in [0.1, 0.15) is 57.3 Å². The summed E-state index contributed by atoms with van der Waals surface area (Å²) in [7, 11) is -2.56. The van der Waals surface area contributed by atoms with Crippen LogP contribution in [0.2, 0.25) is 0 Å². The number of aryl methyl sites for hydroxylation is 6. The molecular formula is C47H40BCl2F10P. The molecule has 0 heterocycles. The highest BCUT2D eigenvalue weighted by atomic mass is 35.5. The number of alkyl halides is 2. The minimum absolute atomic E-state index is 0.194. The molecule has 1 aliphatic rings. The van der Waals surface area contributed by atoms with E-state index in [9.17, 15) is 8.78 Å². The van der Waals surface area contributed by atoms with Gasteiger partial charge in [-0.15, -0.1) is 34.1 Å². The molecule has 0 atom stereocenters. The summed E-state index contributed by atoms with van der Waals surface area (Å²) in [5.41, 5.74) is 4.01. The zero-order chi connectivity index (χ0) is 44.8. The number of halogens is 12. The maximum absolute atomic E-state index is 16.5. The van der Waals surface area contributed by atoms with Crippen LogP contribution in [0.4, 0.5) is 43.9 Å². The van der Waals surface area contributed by atoms with Crippen molar-refractivity contribution >= 4 is 70.1 Å². The molecule has 61 heavy (non-hydrogen) atoms. The van der Waals surface area contributed by atoms with E-state index in [0.717, 1.165) is 56.0 Å². The first-order valence-corrected chi connectivity index (χ1v) is 22.1. The van der Waals surface area contributed by atoms with Crippen molar-refractivity contribution in [1.29, 1.82) is 0 Å². The summed E-state index contributed by atoms with van der Waals surface area (Å²) in [6.45, 7) is 7.28. The van der Waals surface area contributed by atoms with Gasteiger partial charge in [0.1, 0.15) is 33.9 Å². The summed E-state index contributed by atoms with van der Waals surface area (Å²) >= 11 is 9.53. The molecular weight excluding hydrogens is 867 g/mol. The second-order valence-electron chi connectivity index (χ2n) is 15.6. The zero-order valence-electron chi connectivity index (χ0n) is 34.1. The summed E-state index contributed by atoms with van der Waals surface area (Å²) in [4.78, 5) is 0. The predicted molar refractivity (Wildman–Crippen MR) is 232 cm³/mol. The van der Waals surface area contributed by atoms with Crippen LogP contribution in [0.3, 0.4) is 0 Å². The minimum atomic E-state index is -4.10. The predicted octanol–water partition coefficient (Wildman–Crippen LogP) is 10.6. The Labute approximate surface area is 359 Å². The van der Waals surface area contributed by atoms with Gasteiger partial charge >= 0.3 is 0 Å². The molecule has 6 aromatic rings. The van der Waals surface area contributed by atoms with Crippen molar-refractivity contribution in [1.82, 2.24) is 0 Å². The number of rotatable bonds is 7. The van der Waals surface area contributed by atoms with Gasteiger partial charge in [0.2, 0.25) is 0 Å². The lowest BCUT2D eigenvalue weighted by Gasteiger charge is -2.35. The molecule has 0 bridgehead atoms. The Balaban J connectivity index is 0.00000201. The number of fused-ring (bicyclic) bond motifs is 1. The van der Waals surface area contributed by atoms with Gasteiger partial charge in [0, 0.05) is 0 Å². The number of hydrogen-bond donors (Lipinski definition) is 0. The van der Waals surface area contributed by atoms with Crippen LogP contribution in [-0.4, -0.2) is 12.1 Å². The highest BCUT2D eigenvalue weighted by Gasteiger charge is 2.42. The third kappa shape index (κ3) is 8.35. The summed E-state index contributed by atoms with van der Waals surface area (Å²) in [5.74, 6) is -24.4. The summed E-state index contributed by atoms with van der Waals surface area (Å²) < 4.78 is 157. The van der Waals surface area contributed by atoms with Crippen LogP contribution in [0.15, 0.2) is 60.7 Å². The summed E-state index contributed by atoms with van der Waals surface area (Å²) in [5, 5.41) is 2.16. The highest BCUT2D eigenvalue weighted by Crippen LogP contribution is 2.43. The second-order valence-corrected chi connectivity index (χ2v) is 18.7. The van der Waals surface area contributed by atoms with Crippen molar-refractivity contribution in [2.45, 2.75) is 67.2 Å². The van der Waals surface area contributed by atoms with Gasteiger partial charge in [0.05, 0.1) is 25.3 Å². The van der Waals surface area contributed by atoms with E-state index >= 15 is 35.1 Å². The van der Waals surface area contributed by atoms with Crippen molar-refractivity contribution in [3.63, 3.8) is 0 Å². The van der Waals surface area contributed by atoms with Crippen LogP contribution in [0.5, 0.6) is 0 Å². The lowest BCUT2D eigenvalue weighted by atomic mass is 9.35. The summed E-state index contributed by atoms with van der Waals surface area (Å²) in [6.07, 6.45) is 2.19. The van der Waals surface area contributed by atoms with E-state index in [4.69, 9.17) is 23.2 Å². The fraction of sp³-hybridized carbons (Fsp3) is 0.234. The third-order valence-electron chi connectivity index (χ3n) is 11.6. The molecule has 0 fully saturated rings. The van der Waals surface area contributed by atoms with Crippen molar-refractivity contribution in [2.24, 2.45) is 0 Å². The van der Waals surface area contributed by atoms with Crippen molar-refractivity contribution in [3.8, 4) is 11.1 Å². The first kappa shape index (κ1) is 46.2. The van der Waals surface area contributed by atoms with Gasteiger partial charge in [-0.25, -0.2) is 43.9 Å². The van der Waals surface area contributed by atoms with E-state index in [1.54, 1.807) is 30.3 Å². The molecule has 0 radical (unpaired) electrons. The molecule has 1 aliphatic carbocycles. The monoisotopic (exact) mass is 906 g/mol. The number of hydrogen-bond acceptors (Lipinski definition) is 0. The highest BCUT2D eigenvalue weighted by molar-refractivity contribution is 7.80. The normalized spacial score (nSPS) is 12.5. The van der Waals surface area contributed by atoms with E-state index in [-0.39, 0.29) is 10.8 Å². The van der Waals surface area contributed by atoms with Crippen LogP contribution in [0, 0.1) is 99.7 Å². The molecule has 0 saturated heterocycles. The first-order chi connectivity index (χ1) is 28.9. The van der Waals surface area contributed by atoms with Crippen molar-refractivity contribution in [2.75, 3.05) is 5.34 Å². The van der Waals surface area contributed by atoms with E-state index in [1.807, 2.05) is 65.8 Å². The average molecular weight is 908 g/mol. The molecule has 0 spiro atoms. The maximum Gasteiger partial charge on any atom is 0.200 e. The topological polar surface area (TPSA) is 0 Å². The molecule has 14 heteroatoms. The zero-order valence-corrected chi connectivity index (χ0v) is 36.6. The average Bonchev–Trinajstić information content (AvgIpc) is 3.22. The van der Waals surface area contributed by atoms with Gasteiger partial charge in [0.15, 0.2) is 34.9 Å². The molecule has 320 valence electrons. The Bertz CT molecular complexity index is 2460. The molecule has 0 nitrogen and oxygen atoms in total. The second kappa shape index (κ2) is 18.6. The fourth-order valence-corrected chi connectivity index (χ4v) is 13.2. The van der Waals surface area contributed by atoms with Gasteiger partial charge < -0.3 is 0 Å². The van der Waals surface area contributed by atoms with Gasteiger partial charge in [-0.2, -0.15) is 5.46 Å². The molecule has 6 aromatic carbocycles. The lowest BCUT2D eigenvalue weighted by Crippen LogP contribution is -2.62. The maximum atomic E-state index is 16.5. The van der Waals surface area contributed by atoms with Gasteiger partial charge in [0.25, 0.3) is 0 Å². The molecule has 0 saturated carbocycles.